The second kappa shape index (κ2) is 5.11. The molecule has 1 fully saturated rings. The lowest BCUT2D eigenvalue weighted by Gasteiger charge is -2.28. The smallest absolute Gasteiger partial charge is 0.336 e. The molecule has 0 atom stereocenters. The van der Waals surface area contributed by atoms with Gasteiger partial charge in [-0.2, -0.15) is 17.7 Å². The molecule has 18 heavy (non-hydrogen) atoms. The minimum Gasteiger partial charge on any atom is -0.466 e. The van der Waals surface area contributed by atoms with E-state index in [0.717, 1.165) is 12.8 Å². The Hall–Kier alpha value is -1.35. The summed E-state index contributed by atoms with van der Waals surface area (Å²) in [6, 6.07) is 0.0972. The van der Waals surface area contributed by atoms with Crippen LogP contribution in [0.25, 0.3) is 0 Å². The van der Waals surface area contributed by atoms with E-state index in [4.69, 9.17) is 4.74 Å². The number of H-pyrrole nitrogens is 1. The molecule has 1 aromatic heterocycles. The lowest BCUT2D eigenvalue weighted by Crippen LogP contribution is -2.41. The van der Waals surface area contributed by atoms with Crippen LogP contribution >= 0.6 is 0 Å². The Labute approximate surface area is 106 Å². The van der Waals surface area contributed by atoms with E-state index in [0.29, 0.717) is 19.0 Å². The molecule has 1 saturated heterocycles. The quantitative estimate of drug-likeness (QED) is 0.817. The molecule has 0 unspecified atom stereocenters. The summed E-state index contributed by atoms with van der Waals surface area (Å²) in [5.74, 6) is 0.632. The Morgan fingerprint density at radius 2 is 2.11 bits per heavy atom. The van der Waals surface area contributed by atoms with Crippen LogP contribution in [-0.2, 0) is 10.2 Å². The Bertz CT molecular complexity index is 492. The van der Waals surface area contributed by atoms with Crippen molar-refractivity contribution in [2.24, 2.45) is 5.92 Å². The fourth-order valence-corrected chi connectivity index (χ4v) is 2.95. The molecule has 1 aliphatic rings. The van der Waals surface area contributed by atoms with Crippen LogP contribution < -0.4 is 9.46 Å². The van der Waals surface area contributed by atoms with Crippen molar-refractivity contribution >= 4 is 16.2 Å². The van der Waals surface area contributed by atoms with E-state index in [1.807, 2.05) is 0 Å². The molecule has 0 aliphatic carbocycles. The number of hydrogen-bond acceptors (Lipinski definition) is 5. The van der Waals surface area contributed by atoms with Gasteiger partial charge in [0.25, 0.3) is 0 Å². The summed E-state index contributed by atoms with van der Waals surface area (Å²) in [5, 5.41) is 6.13. The number of nitrogens with one attached hydrogen (secondary N) is 2. The summed E-state index contributed by atoms with van der Waals surface area (Å²) in [6.45, 7) is 3.18. The van der Waals surface area contributed by atoms with Crippen molar-refractivity contribution in [1.82, 2.24) is 19.5 Å². The average Bonchev–Trinajstić information content (AvgIpc) is 2.76. The van der Waals surface area contributed by atoms with Crippen molar-refractivity contribution < 1.29 is 13.2 Å². The molecule has 1 aliphatic heterocycles. The molecular formula is C9H17N5O3S. The maximum atomic E-state index is 12.0. The first-order valence-corrected chi connectivity index (χ1v) is 7.19. The summed E-state index contributed by atoms with van der Waals surface area (Å²) < 4.78 is 32.6. The second-order valence-corrected chi connectivity index (χ2v) is 6.03. The van der Waals surface area contributed by atoms with E-state index in [9.17, 15) is 8.42 Å². The molecule has 0 saturated carbocycles. The van der Waals surface area contributed by atoms with E-state index in [1.165, 1.54) is 11.4 Å². The van der Waals surface area contributed by atoms with Crippen molar-refractivity contribution in [3.8, 4) is 6.01 Å². The summed E-state index contributed by atoms with van der Waals surface area (Å²) in [6.07, 6.45) is 1.75. The van der Waals surface area contributed by atoms with Crippen molar-refractivity contribution in [2.75, 3.05) is 24.9 Å². The fraction of sp³-hybridized carbons (Fsp3) is 0.778. The highest BCUT2D eigenvalue weighted by Crippen LogP contribution is 2.19. The van der Waals surface area contributed by atoms with Crippen LogP contribution in [0.2, 0.25) is 0 Å². The number of hydrogen-bond donors (Lipinski definition) is 2. The van der Waals surface area contributed by atoms with Gasteiger partial charge in [-0.25, -0.2) is 9.82 Å². The van der Waals surface area contributed by atoms with Crippen LogP contribution in [0.4, 0.5) is 5.95 Å². The molecule has 2 N–H and O–H groups in total. The van der Waals surface area contributed by atoms with Gasteiger partial charge < -0.3 is 4.74 Å². The summed E-state index contributed by atoms with van der Waals surface area (Å²) >= 11 is 0. The number of piperidine rings is 1. The molecule has 0 aromatic carbocycles. The minimum atomic E-state index is -3.56. The SMILES string of the molecule is COc1n[nH]c(NS(=O)(=O)N2CCC(C)CC2)n1. The van der Waals surface area contributed by atoms with Crippen molar-refractivity contribution in [2.45, 2.75) is 19.8 Å². The normalized spacial score (nSPS) is 18.8. The molecule has 2 heterocycles. The molecule has 0 spiro atoms. The number of rotatable bonds is 4. The monoisotopic (exact) mass is 275 g/mol. The molecule has 2 rings (SSSR count). The summed E-state index contributed by atoms with van der Waals surface area (Å²) in [4.78, 5) is 3.82. The number of aromatic nitrogens is 3. The zero-order chi connectivity index (χ0) is 13.2. The highest BCUT2D eigenvalue weighted by Gasteiger charge is 2.27. The first kappa shape index (κ1) is 13.1. The van der Waals surface area contributed by atoms with E-state index < -0.39 is 10.2 Å². The summed E-state index contributed by atoms with van der Waals surface area (Å²) in [5.41, 5.74) is 0. The van der Waals surface area contributed by atoms with Crippen LogP contribution in [-0.4, -0.2) is 48.1 Å². The number of nitrogens with zero attached hydrogens (tertiary/aromatic N) is 3. The van der Waals surface area contributed by atoms with Gasteiger partial charge in [0, 0.05) is 13.1 Å². The van der Waals surface area contributed by atoms with Gasteiger partial charge in [0.05, 0.1) is 7.11 Å². The maximum Gasteiger partial charge on any atom is 0.336 e. The van der Waals surface area contributed by atoms with Gasteiger partial charge in [-0.3, -0.25) is 0 Å². The van der Waals surface area contributed by atoms with Crippen LogP contribution in [0.3, 0.4) is 0 Å². The Morgan fingerprint density at radius 1 is 1.44 bits per heavy atom. The highest BCUT2D eigenvalue weighted by atomic mass is 32.2. The van der Waals surface area contributed by atoms with Gasteiger partial charge in [0.1, 0.15) is 0 Å². The van der Waals surface area contributed by atoms with Gasteiger partial charge in [-0.15, -0.1) is 5.10 Å². The first-order chi connectivity index (χ1) is 8.51. The van der Waals surface area contributed by atoms with Crippen LogP contribution in [0, 0.1) is 5.92 Å². The maximum absolute atomic E-state index is 12.0. The third-order valence-corrected chi connectivity index (χ3v) is 4.45. The van der Waals surface area contributed by atoms with Crippen LogP contribution in [0.15, 0.2) is 0 Å². The molecule has 0 bridgehead atoms. The topological polar surface area (TPSA) is 100 Å². The largest absolute Gasteiger partial charge is 0.466 e. The zero-order valence-electron chi connectivity index (χ0n) is 10.4. The number of anilines is 1. The third-order valence-electron chi connectivity index (χ3n) is 2.96. The fourth-order valence-electron chi connectivity index (χ4n) is 1.80. The molecule has 8 nitrogen and oxygen atoms in total. The average molecular weight is 275 g/mol. The number of methoxy groups -OCH3 is 1. The zero-order valence-corrected chi connectivity index (χ0v) is 11.2. The molecule has 0 amide bonds. The molecule has 0 radical (unpaired) electrons. The molecule has 102 valence electrons. The lowest BCUT2D eigenvalue weighted by atomic mass is 10.0. The third kappa shape index (κ3) is 2.91. The van der Waals surface area contributed by atoms with Crippen molar-refractivity contribution in [1.29, 1.82) is 0 Å². The minimum absolute atomic E-state index is 0.0606. The number of aromatic amines is 1. The molecule has 1 aromatic rings. The van der Waals surface area contributed by atoms with Gasteiger partial charge in [-0.1, -0.05) is 6.92 Å². The van der Waals surface area contributed by atoms with E-state index in [2.05, 4.69) is 26.8 Å². The lowest BCUT2D eigenvalue weighted by molar-refractivity contribution is 0.289. The number of ether oxygens (including phenoxy) is 1. The van der Waals surface area contributed by atoms with E-state index in [1.54, 1.807) is 0 Å². The molecule has 9 heteroatoms. The predicted molar refractivity (Wildman–Crippen MR) is 65.4 cm³/mol. The van der Waals surface area contributed by atoms with Crippen molar-refractivity contribution in [3.05, 3.63) is 0 Å². The summed E-state index contributed by atoms with van der Waals surface area (Å²) in [7, 11) is -2.15. The molecular weight excluding hydrogens is 258 g/mol. The van der Waals surface area contributed by atoms with Gasteiger partial charge in [-0.05, 0) is 18.8 Å². The van der Waals surface area contributed by atoms with Gasteiger partial charge in [0.2, 0.25) is 5.95 Å². The first-order valence-electron chi connectivity index (χ1n) is 5.75. The van der Waals surface area contributed by atoms with E-state index >= 15 is 0 Å². The Morgan fingerprint density at radius 3 is 2.67 bits per heavy atom. The Balaban J connectivity index is 2.02. The van der Waals surface area contributed by atoms with Gasteiger partial charge in [0.15, 0.2) is 0 Å². The van der Waals surface area contributed by atoms with Crippen LogP contribution in [0.1, 0.15) is 19.8 Å². The van der Waals surface area contributed by atoms with Crippen molar-refractivity contribution in [3.63, 3.8) is 0 Å². The highest BCUT2D eigenvalue weighted by molar-refractivity contribution is 7.90. The van der Waals surface area contributed by atoms with Gasteiger partial charge >= 0.3 is 16.2 Å². The van der Waals surface area contributed by atoms with E-state index in [-0.39, 0.29) is 12.0 Å². The Kier molecular flexibility index (Phi) is 3.71. The predicted octanol–water partition coefficient (Wildman–Crippen LogP) is 0.202. The second-order valence-electron chi connectivity index (χ2n) is 4.36. The standard InChI is InChI=1S/C9H17N5O3S/c1-7-3-5-14(6-4-7)18(15,16)13-8-10-9(17-2)12-11-8/h7H,3-6H2,1-2H3,(H2,10,11,12,13). The van der Waals surface area contributed by atoms with Crippen LogP contribution in [0.5, 0.6) is 6.01 Å².